The number of ether oxygens (including phenoxy) is 1. The summed E-state index contributed by atoms with van der Waals surface area (Å²) in [5.41, 5.74) is -0.877. The highest BCUT2D eigenvalue weighted by Crippen LogP contribution is 2.30. The Morgan fingerprint density at radius 1 is 1.11 bits per heavy atom. The maximum Gasteiger partial charge on any atom is 0.333 e. The fourth-order valence-electron chi connectivity index (χ4n) is 3.00. The Labute approximate surface area is 215 Å². The fraction of sp³-hybridized carbons (Fsp3) is 0.217. The largest absolute Gasteiger partial charge is 0.494 e. The van der Waals surface area contributed by atoms with Gasteiger partial charge in [-0.05, 0) is 43.3 Å². The molecular weight excluding hydrogens is 515 g/mol. The van der Waals surface area contributed by atoms with E-state index in [0.717, 1.165) is 20.9 Å². The number of hydrogen-bond donors (Lipinski definition) is 2. The lowest BCUT2D eigenvalue weighted by atomic mass is 10.3. The van der Waals surface area contributed by atoms with Crippen LogP contribution < -0.4 is 21.3 Å². The van der Waals surface area contributed by atoms with E-state index in [1.807, 2.05) is 6.92 Å². The van der Waals surface area contributed by atoms with Gasteiger partial charge in [-0.3, -0.25) is 18.7 Å². The summed E-state index contributed by atoms with van der Waals surface area (Å²) in [6.07, 6.45) is 0. The third-order valence-corrected chi connectivity index (χ3v) is 6.59. The van der Waals surface area contributed by atoms with E-state index >= 15 is 0 Å². The van der Waals surface area contributed by atoms with E-state index in [1.165, 1.54) is 14.1 Å². The summed E-state index contributed by atoms with van der Waals surface area (Å²) < 4.78 is 7.21. The van der Waals surface area contributed by atoms with Crippen molar-refractivity contribution in [3.63, 3.8) is 0 Å². The lowest BCUT2D eigenvalue weighted by molar-refractivity contribution is -0.113. The Balaban J connectivity index is 1.98. The number of carbonyl (C=O) groups is 1. The van der Waals surface area contributed by atoms with Crippen molar-refractivity contribution < 1.29 is 14.6 Å². The van der Waals surface area contributed by atoms with Crippen molar-refractivity contribution in [1.82, 2.24) is 9.13 Å². The molecule has 1 amide bonds. The van der Waals surface area contributed by atoms with Crippen LogP contribution in [0.4, 0.5) is 11.4 Å². The Kier molecular flexibility index (Phi) is 8.66. The SMILES string of the molecule is CCOc1ccc(N=C(SCC(=O)Nc2cccc(Cl)c2Cl)c2c(O)n(C)c(=O)n(C)c2=O)cc1. The average molecular weight is 537 g/mol. The zero-order valence-corrected chi connectivity index (χ0v) is 21.4. The molecule has 1 heterocycles. The molecule has 184 valence electrons. The van der Waals surface area contributed by atoms with Crippen LogP contribution in [0.25, 0.3) is 0 Å². The lowest BCUT2D eigenvalue weighted by Crippen LogP contribution is -2.39. The molecule has 0 aliphatic rings. The first kappa shape index (κ1) is 26.4. The number of benzene rings is 2. The number of nitrogens with one attached hydrogen (secondary N) is 1. The van der Waals surface area contributed by atoms with Crippen LogP contribution in [-0.2, 0) is 18.9 Å². The maximum atomic E-state index is 12.9. The molecule has 9 nitrogen and oxygen atoms in total. The summed E-state index contributed by atoms with van der Waals surface area (Å²) in [6.45, 7) is 2.36. The Hall–Kier alpha value is -3.21. The molecule has 0 bridgehead atoms. The molecule has 35 heavy (non-hydrogen) atoms. The zero-order chi connectivity index (χ0) is 25.7. The second-order valence-corrected chi connectivity index (χ2v) is 8.94. The van der Waals surface area contributed by atoms with E-state index in [1.54, 1.807) is 42.5 Å². The Bertz CT molecular complexity index is 1400. The van der Waals surface area contributed by atoms with Crippen molar-refractivity contribution >= 4 is 57.3 Å². The molecule has 0 saturated carbocycles. The number of aromatic nitrogens is 2. The highest BCUT2D eigenvalue weighted by Gasteiger charge is 2.22. The predicted octanol–water partition coefficient (Wildman–Crippen LogP) is 3.95. The molecule has 3 aromatic rings. The summed E-state index contributed by atoms with van der Waals surface area (Å²) in [7, 11) is 2.62. The minimum absolute atomic E-state index is 0.0511. The van der Waals surface area contributed by atoms with Crippen LogP contribution in [0.5, 0.6) is 11.6 Å². The molecule has 0 fully saturated rings. The van der Waals surface area contributed by atoms with Gasteiger partial charge in [-0.1, -0.05) is 41.0 Å². The van der Waals surface area contributed by atoms with Gasteiger partial charge in [-0.25, -0.2) is 9.79 Å². The summed E-state index contributed by atoms with van der Waals surface area (Å²) in [4.78, 5) is 42.2. The molecule has 0 aliphatic carbocycles. The van der Waals surface area contributed by atoms with E-state index in [2.05, 4.69) is 10.3 Å². The van der Waals surface area contributed by atoms with E-state index in [0.29, 0.717) is 23.7 Å². The summed E-state index contributed by atoms with van der Waals surface area (Å²) in [5, 5.41) is 13.8. The van der Waals surface area contributed by atoms with Gasteiger partial charge >= 0.3 is 5.69 Å². The number of anilines is 1. The minimum atomic E-state index is -0.749. The van der Waals surface area contributed by atoms with Crippen LogP contribution in [0.1, 0.15) is 12.5 Å². The molecule has 0 radical (unpaired) electrons. The van der Waals surface area contributed by atoms with E-state index in [4.69, 9.17) is 27.9 Å². The number of amides is 1. The van der Waals surface area contributed by atoms with Crippen molar-refractivity contribution in [3.05, 3.63) is 78.9 Å². The van der Waals surface area contributed by atoms with Gasteiger partial charge in [0.2, 0.25) is 11.8 Å². The van der Waals surface area contributed by atoms with E-state index in [-0.39, 0.29) is 26.4 Å². The highest BCUT2D eigenvalue weighted by molar-refractivity contribution is 8.15. The lowest BCUT2D eigenvalue weighted by Gasteiger charge is -2.13. The average Bonchev–Trinajstić information content (AvgIpc) is 2.84. The first-order chi connectivity index (χ1) is 16.6. The van der Waals surface area contributed by atoms with Gasteiger partial charge in [0.05, 0.1) is 33.8 Å². The maximum absolute atomic E-state index is 12.9. The monoisotopic (exact) mass is 536 g/mol. The van der Waals surface area contributed by atoms with Gasteiger partial charge in [0, 0.05) is 14.1 Å². The quantitative estimate of drug-likeness (QED) is 0.349. The molecule has 12 heteroatoms. The van der Waals surface area contributed by atoms with Crippen LogP contribution >= 0.6 is 35.0 Å². The molecule has 0 spiro atoms. The van der Waals surface area contributed by atoms with Crippen molar-refractivity contribution in [3.8, 4) is 11.6 Å². The predicted molar refractivity (Wildman–Crippen MR) is 140 cm³/mol. The third-order valence-electron chi connectivity index (χ3n) is 4.79. The molecule has 1 aromatic heterocycles. The van der Waals surface area contributed by atoms with Crippen molar-refractivity contribution in [2.24, 2.45) is 19.1 Å². The van der Waals surface area contributed by atoms with Crippen LogP contribution in [0.3, 0.4) is 0 Å². The number of aromatic hydroxyl groups is 1. The summed E-state index contributed by atoms with van der Waals surface area (Å²) in [5.74, 6) is -0.544. The molecule has 0 atom stereocenters. The van der Waals surface area contributed by atoms with E-state index in [9.17, 15) is 19.5 Å². The summed E-state index contributed by atoms with van der Waals surface area (Å²) >= 11 is 13.0. The van der Waals surface area contributed by atoms with Gasteiger partial charge in [0.25, 0.3) is 5.56 Å². The molecule has 0 aliphatic heterocycles. The topological polar surface area (TPSA) is 115 Å². The number of hydrogen-bond acceptors (Lipinski definition) is 7. The van der Waals surface area contributed by atoms with Gasteiger partial charge in [-0.2, -0.15) is 0 Å². The number of carbonyl (C=O) groups excluding carboxylic acids is 1. The van der Waals surface area contributed by atoms with Gasteiger partial charge in [0.15, 0.2) is 0 Å². The van der Waals surface area contributed by atoms with Crippen LogP contribution in [-0.4, -0.2) is 37.6 Å². The van der Waals surface area contributed by atoms with Crippen molar-refractivity contribution in [1.29, 1.82) is 0 Å². The Morgan fingerprint density at radius 3 is 2.46 bits per heavy atom. The van der Waals surface area contributed by atoms with Crippen LogP contribution in [0.15, 0.2) is 57.0 Å². The van der Waals surface area contributed by atoms with Gasteiger partial charge in [-0.15, -0.1) is 0 Å². The molecule has 2 N–H and O–H groups in total. The smallest absolute Gasteiger partial charge is 0.333 e. The Morgan fingerprint density at radius 2 is 1.80 bits per heavy atom. The first-order valence-corrected chi connectivity index (χ1v) is 12.1. The molecule has 0 unspecified atom stereocenters. The summed E-state index contributed by atoms with van der Waals surface area (Å²) in [6, 6.07) is 11.6. The fourth-order valence-corrected chi connectivity index (χ4v) is 4.18. The molecule has 3 rings (SSSR count). The van der Waals surface area contributed by atoms with Crippen LogP contribution in [0, 0.1) is 0 Å². The van der Waals surface area contributed by atoms with Crippen molar-refractivity contribution in [2.75, 3.05) is 17.7 Å². The van der Waals surface area contributed by atoms with Crippen molar-refractivity contribution in [2.45, 2.75) is 6.92 Å². The zero-order valence-electron chi connectivity index (χ0n) is 19.0. The molecule has 0 saturated heterocycles. The second kappa shape index (κ2) is 11.5. The molecular formula is C23H22Cl2N4O5S. The van der Waals surface area contributed by atoms with Crippen LogP contribution in [0.2, 0.25) is 10.0 Å². The standard InChI is InChI=1S/C23H22Cl2N4O5S/c1-4-34-14-10-8-13(9-11-14)26-20(18-21(31)28(2)23(33)29(3)22(18)32)35-12-17(30)27-16-7-5-6-15(24)19(16)25/h5-11,31H,4,12H2,1-3H3,(H,27,30). The first-order valence-electron chi connectivity index (χ1n) is 10.3. The molecule has 2 aromatic carbocycles. The normalized spacial score (nSPS) is 11.4. The number of halogens is 2. The second-order valence-electron chi connectivity index (χ2n) is 7.19. The highest BCUT2D eigenvalue weighted by atomic mass is 35.5. The van der Waals surface area contributed by atoms with E-state index < -0.39 is 23.0 Å². The minimum Gasteiger partial charge on any atom is -0.494 e. The van der Waals surface area contributed by atoms with Gasteiger partial charge in [0.1, 0.15) is 16.4 Å². The third kappa shape index (κ3) is 6.08. The number of rotatable bonds is 7. The van der Waals surface area contributed by atoms with Gasteiger partial charge < -0.3 is 15.2 Å². The number of nitrogens with zero attached hydrogens (tertiary/aromatic N) is 3. The number of thioether (sulfide) groups is 1. The number of aliphatic imine (C=N–C) groups is 1.